The van der Waals surface area contributed by atoms with E-state index in [9.17, 15) is 0 Å². The summed E-state index contributed by atoms with van der Waals surface area (Å²) in [4.78, 5) is 2.39. The van der Waals surface area contributed by atoms with Crippen molar-refractivity contribution in [2.45, 2.75) is 32.9 Å². The Hall–Kier alpha value is -1.06. The Labute approximate surface area is 110 Å². The highest BCUT2D eigenvalue weighted by atomic mass is 16.5. The maximum atomic E-state index is 6.32. The predicted octanol–water partition coefficient (Wildman–Crippen LogP) is 2.17. The Kier molecular flexibility index (Phi) is 3.64. The van der Waals surface area contributed by atoms with Gasteiger partial charge in [-0.25, -0.2) is 0 Å². The van der Waals surface area contributed by atoms with Crippen LogP contribution in [0.1, 0.15) is 25.0 Å². The second-order valence-corrected chi connectivity index (χ2v) is 5.85. The minimum Gasteiger partial charge on any atom is -0.496 e. The zero-order valence-corrected chi connectivity index (χ0v) is 11.9. The van der Waals surface area contributed by atoms with Gasteiger partial charge in [0.1, 0.15) is 5.75 Å². The van der Waals surface area contributed by atoms with Gasteiger partial charge in [0.15, 0.2) is 0 Å². The molecule has 0 amide bonds. The quantitative estimate of drug-likeness (QED) is 0.887. The number of benzene rings is 1. The van der Waals surface area contributed by atoms with Gasteiger partial charge in [0.25, 0.3) is 0 Å². The third-order valence-corrected chi connectivity index (χ3v) is 4.02. The van der Waals surface area contributed by atoms with Gasteiger partial charge >= 0.3 is 0 Å². The molecule has 1 aromatic rings. The third-order valence-electron chi connectivity index (χ3n) is 4.02. The van der Waals surface area contributed by atoms with E-state index in [1.165, 1.54) is 11.1 Å². The van der Waals surface area contributed by atoms with E-state index >= 15 is 0 Å². The minimum atomic E-state index is -0.00292. The van der Waals surface area contributed by atoms with E-state index in [0.29, 0.717) is 5.92 Å². The standard InChI is InChI=1S/C15H24N2O/c1-11(2)15(16)9-17(10-15)8-13-7-12(3)5-6-14(13)18-4/h5-7,11H,8-10,16H2,1-4H3. The van der Waals surface area contributed by atoms with Crippen LogP contribution in [0.15, 0.2) is 18.2 Å². The molecule has 1 aromatic carbocycles. The highest BCUT2D eigenvalue weighted by Gasteiger charge is 2.41. The number of nitrogens with two attached hydrogens (primary N) is 1. The molecule has 0 unspecified atom stereocenters. The summed E-state index contributed by atoms with van der Waals surface area (Å²) in [6, 6.07) is 6.33. The molecule has 18 heavy (non-hydrogen) atoms. The Morgan fingerprint density at radius 3 is 2.61 bits per heavy atom. The maximum Gasteiger partial charge on any atom is 0.123 e. The predicted molar refractivity (Wildman–Crippen MR) is 74.8 cm³/mol. The minimum absolute atomic E-state index is 0.00292. The van der Waals surface area contributed by atoms with Crippen molar-refractivity contribution in [3.63, 3.8) is 0 Å². The van der Waals surface area contributed by atoms with Gasteiger partial charge in [-0.15, -0.1) is 0 Å². The smallest absolute Gasteiger partial charge is 0.123 e. The fraction of sp³-hybridized carbons (Fsp3) is 0.600. The first kappa shape index (κ1) is 13.4. The first-order valence-corrected chi connectivity index (χ1v) is 6.59. The van der Waals surface area contributed by atoms with E-state index in [1.807, 2.05) is 6.07 Å². The van der Waals surface area contributed by atoms with E-state index in [1.54, 1.807) is 7.11 Å². The first-order chi connectivity index (χ1) is 8.44. The summed E-state index contributed by atoms with van der Waals surface area (Å²) in [5.74, 6) is 1.51. The summed E-state index contributed by atoms with van der Waals surface area (Å²) >= 11 is 0. The van der Waals surface area contributed by atoms with E-state index in [2.05, 4.69) is 37.8 Å². The van der Waals surface area contributed by atoms with Gasteiger partial charge in [0, 0.05) is 30.7 Å². The number of likely N-dealkylation sites (tertiary alicyclic amines) is 1. The van der Waals surface area contributed by atoms with Crippen LogP contribution in [0.5, 0.6) is 5.75 Å². The Morgan fingerprint density at radius 2 is 2.06 bits per heavy atom. The largest absolute Gasteiger partial charge is 0.496 e. The number of rotatable bonds is 4. The molecule has 0 atom stereocenters. The summed E-state index contributed by atoms with van der Waals surface area (Å²) < 4.78 is 5.41. The van der Waals surface area contributed by atoms with E-state index in [4.69, 9.17) is 10.5 Å². The Morgan fingerprint density at radius 1 is 1.39 bits per heavy atom. The molecular formula is C15H24N2O. The van der Waals surface area contributed by atoms with Crippen LogP contribution in [-0.2, 0) is 6.54 Å². The molecule has 1 aliphatic rings. The Balaban J connectivity index is 2.02. The molecule has 1 aliphatic heterocycles. The fourth-order valence-electron chi connectivity index (χ4n) is 2.54. The highest BCUT2D eigenvalue weighted by Crippen LogP contribution is 2.30. The average Bonchev–Trinajstić information content (AvgIpc) is 2.27. The normalized spacial score (nSPS) is 18.8. The molecular weight excluding hydrogens is 224 g/mol. The van der Waals surface area contributed by atoms with Gasteiger partial charge < -0.3 is 10.5 Å². The highest BCUT2D eigenvalue weighted by molar-refractivity contribution is 5.37. The van der Waals surface area contributed by atoms with Crippen molar-refractivity contribution >= 4 is 0 Å². The van der Waals surface area contributed by atoms with Crippen molar-refractivity contribution < 1.29 is 4.74 Å². The molecule has 0 radical (unpaired) electrons. The molecule has 0 aromatic heterocycles. The molecule has 3 heteroatoms. The third kappa shape index (κ3) is 2.52. The topological polar surface area (TPSA) is 38.5 Å². The summed E-state index contributed by atoms with van der Waals surface area (Å²) in [5, 5.41) is 0. The number of aryl methyl sites for hydroxylation is 1. The van der Waals surface area contributed by atoms with Crippen LogP contribution in [0.4, 0.5) is 0 Å². The number of methoxy groups -OCH3 is 1. The number of ether oxygens (including phenoxy) is 1. The number of nitrogens with zero attached hydrogens (tertiary/aromatic N) is 1. The van der Waals surface area contributed by atoms with Crippen LogP contribution >= 0.6 is 0 Å². The molecule has 2 N–H and O–H groups in total. The van der Waals surface area contributed by atoms with Crippen molar-refractivity contribution in [3.8, 4) is 5.75 Å². The van der Waals surface area contributed by atoms with E-state index in [-0.39, 0.29) is 5.54 Å². The summed E-state index contributed by atoms with van der Waals surface area (Å²) in [6.45, 7) is 9.38. The van der Waals surface area contributed by atoms with Gasteiger partial charge in [-0.3, -0.25) is 4.90 Å². The van der Waals surface area contributed by atoms with Gasteiger partial charge in [-0.05, 0) is 18.9 Å². The molecule has 2 rings (SSSR count). The lowest BCUT2D eigenvalue weighted by Crippen LogP contribution is -2.69. The van der Waals surface area contributed by atoms with Crippen LogP contribution in [-0.4, -0.2) is 30.6 Å². The maximum absolute atomic E-state index is 6.32. The van der Waals surface area contributed by atoms with Crippen molar-refractivity contribution in [2.75, 3.05) is 20.2 Å². The van der Waals surface area contributed by atoms with Gasteiger partial charge in [-0.2, -0.15) is 0 Å². The number of hydrogen-bond donors (Lipinski definition) is 1. The van der Waals surface area contributed by atoms with Gasteiger partial charge in [0.05, 0.1) is 7.11 Å². The molecule has 1 heterocycles. The monoisotopic (exact) mass is 248 g/mol. The van der Waals surface area contributed by atoms with Crippen LogP contribution in [0, 0.1) is 12.8 Å². The van der Waals surface area contributed by atoms with Crippen molar-refractivity contribution in [1.29, 1.82) is 0 Å². The lowest BCUT2D eigenvalue weighted by atomic mass is 9.80. The molecule has 0 spiro atoms. The first-order valence-electron chi connectivity index (χ1n) is 6.59. The summed E-state index contributed by atoms with van der Waals surface area (Å²) in [6.07, 6.45) is 0. The van der Waals surface area contributed by atoms with Crippen LogP contribution in [0.25, 0.3) is 0 Å². The second kappa shape index (κ2) is 4.90. The molecule has 0 saturated carbocycles. The number of hydrogen-bond acceptors (Lipinski definition) is 3. The molecule has 0 bridgehead atoms. The Bertz CT molecular complexity index is 423. The molecule has 3 nitrogen and oxygen atoms in total. The van der Waals surface area contributed by atoms with Crippen LogP contribution in [0.3, 0.4) is 0 Å². The second-order valence-electron chi connectivity index (χ2n) is 5.85. The van der Waals surface area contributed by atoms with Crippen LogP contribution in [0.2, 0.25) is 0 Å². The molecule has 1 fully saturated rings. The fourth-order valence-corrected chi connectivity index (χ4v) is 2.54. The summed E-state index contributed by atoms with van der Waals surface area (Å²) in [5.41, 5.74) is 8.84. The van der Waals surface area contributed by atoms with E-state index < -0.39 is 0 Å². The zero-order chi connectivity index (χ0) is 13.3. The van der Waals surface area contributed by atoms with Crippen molar-refractivity contribution in [1.82, 2.24) is 4.90 Å². The lowest BCUT2D eigenvalue weighted by molar-refractivity contribution is 0.0308. The van der Waals surface area contributed by atoms with E-state index in [0.717, 1.165) is 25.4 Å². The average molecular weight is 248 g/mol. The van der Waals surface area contributed by atoms with Crippen molar-refractivity contribution in [2.24, 2.45) is 11.7 Å². The van der Waals surface area contributed by atoms with Crippen LogP contribution < -0.4 is 10.5 Å². The zero-order valence-electron chi connectivity index (χ0n) is 11.9. The lowest BCUT2D eigenvalue weighted by Gasteiger charge is -2.50. The summed E-state index contributed by atoms with van der Waals surface area (Å²) in [7, 11) is 1.73. The van der Waals surface area contributed by atoms with Crippen molar-refractivity contribution in [3.05, 3.63) is 29.3 Å². The van der Waals surface area contributed by atoms with Gasteiger partial charge in [0.2, 0.25) is 0 Å². The van der Waals surface area contributed by atoms with Gasteiger partial charge in [-0.1, -0.05) is 31.5 Å². The molecule has 0 aliphatic carbocycles. The molecule has 1 saturated heterocycles. The molecule has 100 valence electrons. The SMILES string of the molecule is COc1ccc(C)cc1CN1CC(N)(C(C)C)C1.